The molecule has 0 aliphatic heterocycles. The third kappa shape index (κ3) is 2.80. The average molecular weight is 296 g/mol. The molecule has 3 N–H and O–H groups in total. The first-order valence-electron chi connectivity index (χ1n) is 6.80. The molecule has 5 nitrogen and oxygen atoms in total. The Morgan fingerprint density at radius 1 is 1.50 bits per heavy atom. The van der Waals surface area contributed by atoms with Gasteiger partial charge in [0.15, 0.2) is 5.78 Å². The molecule has 0 aromatic carbocycles. The van der Waals surface area contributed by atoms with Crippen molar-refractivity contribution in [1.29, 1.82) is 0 Å². The third-order valence-electron chi connectivity index (χ3n) is 3.50. The van der Waals surface area contributed by atoms with Crippen LogP contribution in [0.2, 0.25) is 0 Å². The molecule has 2 rings (SSSR count). The van der Waals surface area contributed by atoms with E-state index in [0.717, 1.165) is 19.3 Å². The number of nitrogens with two attached hydrogens (primary N) is 1. The lowest BCUT2D eigenvalue weighted by atomic mass is 10.1. The van der Waals surface area contributed by atoms with E-state index < -0.39 is 5.97 Å². The highest BCUT2D eigenvalue weighted by Gasteiger charge is 2.35. The molecule has 1 aromatic rings. The smallest absolute Gasteiger partial charge is 0.343 e. The molecule has 0 amide bonds. The van der Waals surface area contributed by atoms with Gasteiger partial charge in [0.05, 0.1) is 17.7 Å². The van der Waals surface area contributed by atoms with Crippen molar-refractivity contribution >= 4 is 33.8 Å². The number of rotatable bonds is 6. The van der Waals surface area contributed by atoms with Crippen LogP contribution in [0.15, 0.2) is 0 Å². The van der Waals surface area contributed by atoms with Gasteiger partial charge >= 0.3 is 5.97 Å². The molecule has 1 aliphatic rings. The zero-order valence-corrected chi connectivity index (χ0v) is 12.8. The number of Topliss-reactive ketones (excluding diaryl/α,β-unsaturated/α-hetero) is 1. The summed E-state index contributed by atoms with van der Waals surface area (Å²) in [5.74, 6) is -0.368. The molecule has 1 unspecified atom stereocenters. The lowest BCUT2D eigenvalue weighted by molar-refractivity contribution is 0.0603. The topological polar surface area (TPSA) is 81.4 Å². The van der Waals surface area contributed by atoms with E-state index in [9.17, 15) is 9.59 Å². The highest BCUT2D eigenvalue weighted by molar-refractivity contribution is 7.19. The van der Waals surface area contributed by atoms with Gasteiger partial charge in [0.25, 0.3) is 0 Å². The second-order valence-corrected chi connectivity index (χ2v) is 6.15. The van der Waals surface area contributed by atoms with E-state index >= 15 is 0 Å². The maximum absolute atomic E-state index is 12.2. The van der Waals surface area contributed by atoms with Crippen molar-refractivity contribution in [3.8, 4) is 0 Å². The molecule has 0 bridgehead atoms. The van der Waals surface area contributed by atoms with Crippen LogP contribution < -0.4 is 11.1 Å². The van der Waals surface area contributed by atoms with Gasteiger partial charge in [-0.05, 0) is 26.2 Å². The van der Waals surface area contributed by atoms with Gasteiger partial charge in [0.2, 0.25) is 0 Å². The number of carbonyl (C=O) groups excluding carboxylic acids is 2. The lowest BCUT2D eigenvalue weighted by Crippen LogP contribution is -2.15. The number of anilines is 2. The maximum Gasteiger partial charge on any atom is 0.343 e. The van der Waals surface area contributed by atoms with Crippen molar-refractivity contribution in [3.63, 3.8) is 0 Å². The van der Waals surface area contributed by atoms with Gasteiger partial charge in [-0.25, -0.2) is 4.79 Å². The number of thiophene rings is 1. The van der Waals surface area contributed by atoms with E-state index in [-0.39, 0.29) is 23.4 Å². The molecule has 110 valence electrons. The second-order valence-electron chi connectivity index (χ2n) is 5.13. The summed E-state index contributed by atoms with van der Waals surface area (Å²) in [6, 6.07) is 0.195. The highest BCUT2D eigenvalue weighted by atomic mass is 32.1. The van der Waals surface area contributed by atoms with Crippen LogP contribution in [-0.4, -0.2) is 24.9 Å². The summed E-state index contributed by atoms with van der Waals surface area (Å²) in [7, 11) is 1.31. The first kappa shape index (κ1) is 14.8. The van der Waals surface area contributed by atoms with Crippen LogP contribution in [0.5, 0.6) is 0 Å². The van der Waals surface area contributed by atoms with E-state index in [1.165, 1.54) is 18.4 Å². The van der Waals surface area contributed by atoms with Crippen molar-refractivity contribution in [1.82, 2.24) is 0 Å². The number of ketones is 1. The number of hydrogen-bond acceptors (Lipinski definition) is 6. The highest BCUT2D eigenvalue weighted by Crippen LogP contribution is 2.42. The Balaban J connectivity index is 2.39. The minimum atomic E-state index is -0.501. The molecule has 6 heteroatoms. The Morgan fingerprint density at radius 2 is 2.15 bits per heavy atom. The van der Waals surface area contributed by atoms with E-state index in [4.69, 9.17) is 10.5 Å². The number of carbonyl (C=O) groups is 2. The molecule has 0 radical (unpaired) electrons. The molecular formula is C14H20N2O3S. The van der Waals surface area contributed by atoms with Gasteiger partial charge in [0, 0.05) is 12.0 Å². The van der Waals surface area contributed by atoms with Crippen molar-refractivity contribution in [2.45, 2.75) is 39.2 Å². The second kappa shape index (κ2) is 5.83. The molecule has 1 aliphatic carbocycles. The van der Waals surface area contributed by atoms with E-state index in [2.05, 4.69) is 5.32 Å². The van der Waals surface area contributed by atoms with Crippen molar-refractivity contribution < 1.29 is 14.3 Å². The normalized spacial score (nSPS) is 15.8. The SMILES string of the molecule is CCC(C)Nc1sc(C(=O)C2CC2)c(N)c1C(=O)OC. The molecule has 1 heterocycles. The quantitative estimate of drug-likeness (QED) is 0.623. The standard InChI is InChI=1S/C14H20N2O3S/c1-4-7(2)16-13-9(14(18)19-3)10(15)12(20-13)11(17)8-5-6-8/h7-8,16H,4-6,15H2,1-3H3. The fourth-order valence-electron chi connectivity index (χ4n) is 1.89. The summed E-state index contributed by atoms with van der Waals surface area (Å²) in [6.07, 6.45) is 2.74. The van der Waals surface area contributed by atoms with Gasteiger partial charge in [-0.3, -0.25) is 4.79 Å². The predicted octanol–water partition coefficient (Wildman–Crippen LogP) is 2.92. The van der Waals surface area contributed by atoms with Gasteiger partial charge in [0.1, 0.15) is 10.6 Å². The summed E-state index contributed by atoms with van der Waals surface area (Å²) < 4.78 is 4.78. The molecule has 1 saturated carbocycles. The molecule has 0 spiro atoms. The van der Waals surface area contributed by atoms with E-state index in [0.29, 0.717) is 15.4 Å². The average Bonchev–Trinajstić information content (AvgIpc) is 3.23. The van der Waals surface area contributed by atoms with Gasteiger partial charge in [-0.2, -0.15) is 0 Å². The van der Waals surface area contributed by atoms with Gasteiger partial charge < -0.3 is 15.8 Å². The van der Waals surface area contributed by atoms with Crippen LogP contribution in [0, 0.1) is 5.92 Å². The fourth-order valence-corrected chi connectivity index (χ4v) is 3.13. The third-order valence-corrected chi connectivity index (χ3v) is 4.65. The molecule has 1 atom stereocenters. The molecule has 0 saturated heterocycles. The molecule has 1 fully saturated rings. The number of esters is 1. The minimum absolute atomic E-state index is 0.0508. The molecular weight excluding hydrogens is 276 g/mol. The zero-order chi connectivity index (χ0) is 14.9. The largest absolute Gasteiger partial charge is 0.465 e. The van der Waals surface area contributed by atoms with E-state index in [1.807, 2.05) is 13.8 Å². The summed E-state index contributed by atoms with van der Waals surface area (Å²) in [6.45, 7) is 4.06. The van der Waals surface area contributed by atoms with Crippen molar-refractivity contribution in [2.75, 3.05) is 18.2 Å². The molecule has 20 heavy (non-hydrogen) atoms. The maximum atomic E-state index is 12.2. The van der Waals surface area contributed by atoms with Crippen molar-refractivity contribution in [3.05, 3.63) is 10.4 Å². The fraction of sp³-hybridized carbons (Fsp3) is 0.571. The van der Waals surface area contributed by atoms with Crippen LogP contribution in [0.1, 0.15) is 53.1 Å². The Morgan fingerprint density at radius 3 is 2.65 bits per heavy atom. The van der Waals surface area contributed by atoms with Gasteiger partial charge in [-0.1, -0.05) is 6.92 Å². The summed E-state index contributed by atoms with van der Waals surface area (Å²) in [4.78, 5) is 24.6. The predicted molar refractivity (Wildman–Crippen MR) is 80.5 cm³/mol. The summed E-state index contributed by atoms with van der Waals surface area (Å²) in [5, 5.41) is 3.87. The summed E-state index contributed by atoms with van der Waals surface area (Å²) >= 11 is 1.26. The first-order chi connectivity index (χ1) is 9.49. The number of ether oxygens (including phenoxy) is 1. The number of nitrogen functional groups attached to an aromatic ring is 1. The van der Waals surface area contributed by atoms with Crippen LogP contribution in [0.25, 0.3) is 0 Å². The first-order valence-corrected chi connectivity index (χ1v) is 7.62. The van der Waals surface area contributed by atoms with Crippen LogP contribution in [0.3, 0.4) is 0 Å². The van der Waals surface area contributed by atoms with Crippen LogP contribution >= 0.6 is 11.3 Å². The lowest BCUT2D eigenvalue weighted by Gasteiger charge is -2.12. The number of methoxy groups -OCH3 is 1. The van der Waals surface area contributed by atoms with Crippen LogP contribution in [-0.2, 0) is 4.74 Å². The monoisotopic (exact) mass is 296 g/mol. The van der Waals surface area contributed by atoms with Crippen molar-refractivity contribution in [2.24, 2.45) is 5.92 Å². The Bertz CT molecular complexity index is 535. The Labute approximate surface area is 122 Å². The summed E-state index contributed by atoms with van der Waals surface area (Å²) in [5.41, 5.74) is 6.56. The molecule has 1 aromatic heterocycles. The van der Waals surface area contributed by atoms with E-state index in [1.54, 1.807) is 0 Å². The Kier molecular flexibility index (Phi) is 4.32. The Hall–Kier alpha value is -1.56. The van der Waals surface area contributed by atoms with Gasteiger partial charge in [-0.15, -0.1) is 11.3 Å². The zero-order valence-electron chi connectivity index (χ0n) is 12.0. The van der Waals surface area contributed by atoms with Crippen LogP contribution in [0.4, 0.5) is 10.7 Å². The number of nitrogens with one attached hydrogen (secondary N) is 1. The minimum Gasteiger partial charge on any atom is -0.465 e. The number of hydrogen-bond donors (Lipinski definition) is 2.